The molecule has 2 aromatic rings. The Morgan fingerprint density at radius 1 is 1.23 bits per heavy atom. The van der Waals surface area contributed by atoms with Crippen LogP contribution in [0.25, 0.3) is 5.70 Å². The number of hydrogen-bond acceptors (Lipinski definition) is 6. The molecule has 0 saturated heterocycles. The van der Waals surface area contributed by atoms with Crippen molar-refractivity contribution in [1.29, 1.82) is 0 Å². The van der Waals surface area contributed by atoms with Gasteiger partial charge in [0.15, 0.2) is 5.96 Å². The van der Waals surface area contributed by atoms with Crippen molar-refractivity contribution in [2.24, 2.45) is 16.6 Å². The average molecular weight is 428 g/mol. The maximum atomic E-state index is 6.27. The molecule has 1 atom stereocenters. The third-order valence-electron chi connectivity index (χ3n) is 4.72. The van der Waals surface area contributed by atoms with Crippen molar-refractivity contribution >= 4 is 28.9 Å². The second-order valence-corrected chi connectivity index (χ2v) is 8.20. The molecule has 2 aromatic carbocycles. The van der Waals surface area contributed by atoms with Gasteiger partial charge in [0, 0.05) is 22.8 Å². The summed E-state index contributed by atoms with van der Waals surface area (Å²) in [5.41, 5.74) is 14.1. The van der Waals surface area contributed by atoms with E-state index in [9.17, 15) is 0 Å². The molecule has 5 N–H and O–H groups in total. The molecule has 160 valence electrons. The molecule has 0 fully saturated rings. The van der Waals surface area contributed by atoms with Crippen LogP contribution in [-0.4, -0.2) is 25.3 Å². The predicted octanol–water partition coefficient (Wildman–Crippen LogP) is 4.07. The lowest BCUT2D eigenvalue weighted by Crippen LogP contribution is -2.40. The molecule has 0 aliphatic carbocycles. The fourth-order valence-electron chi connectivity index (χ4n) is 3.16. The first-order valence-electron chi connectivity index (χ1n) is 10.2. The molecule has 30 heavy (non-hydrogen) atoms. The number of aliphatic imine (C=N–C) groups is 1. The van der Waals surface area contributed by atoms with Gasteiger partial charge in [0.1, 0.15) is 6.17 Å². The van der Waals surface area contributed by atoms with E-state index in [-0.39, 0.29) is 6.17 Å². The molecule has 0 saturated carbocycles. The van der Waals surface area contributed by atoms with Crippen LogP contribution in [0.4, 0.5) is 5.69 Å². The number of benzene rings is 2. The number of hydrogen-bond donors (Lipinski definition) is 4. The quantitative estimate of drug-likeness (QED) is 0.453. The van der Waals surface area contributed by atoms with Crippen LogP contribution < -0.4 is 21.8 Å². The second-order valence-electron chi connectivity index (χ2n) is 7.79. The highest BCUT2D eigenvalue weighted by atomic mass is 35.5. The molecule has 0 spiro atoms. The first-order valence-corrected chi connectivity index (χ1v) is 10.6. The number of nitrogens with two attached hydrogens (primary N) is 1. The van der Waals surface area contributed by atoms with Crippen LogP contribution in [-0.2, 0) is 11.3 Å². The van der Waals surface area contributed by atoms with Crippen molar-refractivity contribution in [3.05, 3.63) is 70.3 Å². The molecule has 0 radical (unpaired) electrons. The van der Waals surface area contributed by atoms with Crippen molar-refractivity contribution in [2.75, 3.05) is 18.6 Å². The van der Waals surface area contributed by atoms with Gasteiger partial charge in [0.05, 0.1) is 12.3 Å². The summed E-state index contributed by atoms with van der Waals surface area (Å²) in [5.74, 6) is 0.870. The zero-order valence-corrected chi connectivity index (χ0v) is 18.5. The first kappa shape index (κ1) is 22.2. The zero-order valence-electron chi connectivity index (χ0n) is 17.7. The summed E-state index contributed by atoms with van der Waals surface area (Å²) in [6.45, 7) is 7.66. The van der Waals surface area contributed by atoms with Gasteiger partial charge >= 0.3 is 0 Å². The van der Waals surface area contributed by atoms with Crippen LogP contribution in [0.1, 0.15) is 30.5 Å². The van der Waals surface area contributed by atoms with Crippen LogP contribution >= 0.6 is 11.6 Å². The third-order valence-corrected chi connectivity index (χ3v) is 5.13. The molecular formula is C23H30ClN5O. The molecule has 7 heteroatoms. The van der Waals surface area contributed by atoms with Crippen molar-refractivity contribution in [3.8, 4) is 0 Å². The van der Waals surface area contributed by atoms with Gasteiger partial charge in [0.2, 0.25) is 0 Å². The Morgan fingerprint density at radius 2 is 2.03 bits per heavy atom. The van der Waals surface area contributed by atoms with Gasteiger partial charge in [-0.1, -0.05) is 49.7 Å². The van der Waals surface area contributed by atoms with Gasteiger partial charge in [-0.25, -0.2) is 4.99 Å². The Kier molecular flexibility index (Phi) is 7.74. The average Bonchev–Trinajstić information content (AvgIpc) is 2.70. The summed E-state index contributed by atoms with van der Waals surface area (Å²) < 4.78 is 0. The second kappa shape index (κ2) is 10.5. The Hall–Kier alpha value is -2.54. The van der Waals surface area contributed by atoms with E-state index in [0.29, 0.717) is 18.5 Å². The number of nitrogens with zero attached hydrogens (tertiary/aromatic N) is 1. The third kappa shape index (κ3) is 6.23. The van der Waals surface area contributed by atoms with Gasteiger partial charge in [0.25, 0.3) is 0 Å². The summed E-state index contributed by atoms with van der Waals surface area (Å²) in [5, 5.41) is 7.31. The Balaban J connectivity index is 1.58. The number of guanidine groups is 1. The predicted molar refractivity (Wildman–Crippen MR) is 125 cm³/mol. The standard InChI is InChI=1S/C23H30ClN5O/c1-15(2)14-30-29-18-7-4-6-17(12-18)10-11-26-22-13-21(27-23(25)28-22)19-8-5-9-20(24)16(19)3/h4-9,12-13,15,22,26,29H,10-11,14H2,1-3H3,(H3,25,27,28). The fraction of sp³-hybridized carbons (Fsp3) is 0.348. The molecule has 6 nitrogen and oxygen atoms in total. The number of nitrogens with one attached hydrogen (secondary N) is 3. The van der Waals surface area contributed by atoms with Gasteiger partial charge in [-0.15, -0.1) is 0 Å². The summed E-state index contributed by atoms with van der Waals surface area (Å²) in [6, 6.07) is 14.1. The lowest BCUT2D eigenvalue weighted by molar-refractivity contribution is 0.163. The van der Waals surface area contributed by atoms with Crippen LogP contribution in [0, 0.1) is 12.8 Å². The van der Waals surface area contributed by atoms with E-state index in [2.05, 4.69) is 47.1 Å². The molecule has 1 aliphatic rings. The van der Waals surface area contributed by atoms with Crippen molar-refractivity contribution < 1.29 is 4.84 Å². The molecule has 1 unspecified atom stereocenters. The molecule has 1 aliphatic heterocycles. The number of halogens is 1. The van der Waals surface area contributed by atoms with Gasteiger partial charge < -0.3 is 11.1 Å². The van der Waals surface area contributed by atoms with Crippen LogP contribution in [0.3, 0.4) is 0 Å². The highest BCUT2D eigenvalue weighted by molar-refractivity contribution is 6.31. The molecule has 0 amide bonds. The number of anilines is 1. The van der Waals surface area contributed by atoms with Gasteiger partial charge in [-0.05, 0) is 54.7 Å². The van der Waals surface area contributed by atoms with E-state index in [1.807, 2.05) is 43.3 Å². The summed E-state index contributed by atoms with van der Waals surface area (Å²) >= 11 is 6.27. The highest BCUT2D eigenvalue weighted by Gasteiger charge is 2.16. The topological polar surface area (TPSA) is 83.7 Å². The summed E-state index contributed by atoms with van der Waals surface area (Å²) in [4.78, 5) is 9.94. The Bertz CT molecular complexity index is 926. The maximum absolute atomic E-state index is 6.27. The Labute approximate surface area is 183 Å². The van der Waals surface area contributed by atoms with Crippen LogP contribution in [0.15, 0.2) is 53.5 Å². The van der Waals surface area contributed by atoms with Crippen LogP contribution in [0.5, 0.6) is 0 Å². The lowest BCUT2D eigenvalue weighted by Gasteiger charge is -2.22. The molecule has 0 bridgehead atoms. The zero-order chi connectivity index (χ0) is 21.5. The van der Waals surface area contributed by atoms with Crippen LogP contribution in [0.2, 0.25) is 5.02 Å². The van der Waals surface area contributed by atoms with Gasteiger partial charge in [-0.2, -0.15) is 0 Å². The summed E-state index contributed by atoms with van der Waals surface area (Å²) in [6.07, 6.45) is 2.70. The SMILES string of the molecule is Cc1c(Cl)cccc1C1=CC(NCCc2cccc(NOCC(C)C)c2)N=C(N)N1. The van der Waals surface area contributed by atoms with E-state index < -0.39 is 0 Å². The van der Waals surface area contributed by atoms with Crippen molar-refractivity contribution in [1.82, 2.24) is 10.6 Å². The highest BCUT2D eigenvalue weighted by Crippen LogP contribution is 2.25. The van der Waals surface area contributed by atoms with Gasteiger partial charge in [-0.3, -0.25) is 15.6 Å². The minimum absolute atomic E-state index is 0.199. The smallest absolute Gasteiger partial charge is 0.195 e. The summed E-state index contributed by atoms with van der Waals surface area (Å²) in [7, 11) is 0. The van der Waals surface area contributed by atoms with Crippen molar-refractivity contribution in [3.63, 3.8) is 0 Å². The van der Waals surface area contributed by atoms with E-state index in [0.717, 1.165) is 40.5 Å². The first-order chi connectivity index (χ1) is 14.4. The largest absolute Gasteiger partial charge is 0.370 e. The maximum Gasteiger partial charge on any atom is 0.195 e. The fourth-order valence-corrected chi connectivity index (χ4v) is 3.34. The van der Waals surface area contributed by atoms with E-state index >= 15 is 0 Å². The van der Waals surface area contributed by atoms with E-state index in [1.165, 1.54) is 5.56 Å². The molecule has 3 rings (SSSR count). The lowest BCUT2D eigenvalue weighted by atomic mass is 10.0. The Morgan fingerprint density at radius 3 is 2.83 bits per heavy atom. The molecule has 1 heterocycles. The van der Waals surface area contributed by atoms with E-state index in [1.54, 1.807) is 0 Å². The normalized spacial score (nSPS) is 16.1. The monoisotopic (exact) mass is 427 g/mol. The molecular weight excluding hydrogens is 398 g/mol. The minimum Gasteiger partial charge on any atom is -0.370 e. The minimum atomic E-state index is -0.199. The molecule has 0 aromatic heterocycles. The van der Waals surface area contributed by atoms with E-state index in [4.69, 9.17) is 22.2 Å². The number of rotatable bonds is 9. The van der Waals surface area contributed by atoms with Crippen molar-refractivity contribution in [2.45, 2.75) is 33.4 Å².